The maximum atomic E-state index is 12.5. The zero-order valence-corrected chi connectivity index (χ0v) is 41.5. The third-order valence-electron chi connectivity index (χ3n) is 12.6. The fraction of sp³-hybridized carbons (Fsp3) is 0.842. The lowest BCUT2D eigenvalue weighted by molar-refractivity contribution is -0.124. The first-order valence-corrected chi connectivity index (χ1v) is 27.4. The molecule has 0 aromatic heterocycles. The molecule has 1 amide bonds. The number of carbonyl (C=O) groups is 1. The summed E-state index contributed by atoms with van der Waals surface area (Å²) in [6, 6.07) is -0.833. The van der Waals surface area contributed by atoms with Gasteiger partial charge in [-0.1, -0.05) is 242 Å². The maximum absolute atomic E-state index is 12.5. The Bertz CT molecular complexity index is 1000. The van der Waals surface area contributed by atoms with Crippen LogP contribution in [0.15, 0.2) is 48.6 Å². The molecule has 0 aliphatic carbocycles. The smallest absolute Gasteiger partial charge is 0.220 e. The highest BCUT2D eigenvalue weighted by atomic mass is 16.3. The first-order valence-electron chi connectivity index (χ1n) is 27.4. The second-order valence-corrected chi connectivity index (χ2v) is 18.8. The van der Waals surface area contributed by atoms with E-state index in [9.17, 15) is 20.1 Å². The van der Waals surface area contributed by atoms with Crippen LogP contribution in [0.1, 0.15) is 284 Å². The van der Waals surface area contributed by atoms with Gasteiger partial charge in [-0.3, -0.25) is 4.79 Å². The molecule has 0 rings (SSSR count). The van der Waals surface area contributed by atoms with Crippen LogP contribution in [-0.2, 0) is 4.79 Å². The molecule has 0 radical (unpaired) electrons. The van der Waals surface area contributed by atoms with Gasteiger partial charge < -0.3 is 20.6 Å². The van der Waals surface area contributed by atoms with Crippen LogP contribution in [0.2, 0.25) is 0 Å². The van der Waals surface area contributed by atoms with Gasteiger partial charge in [0.25, 0.3) is 0 Å². The van der Waals surface area contributed by atoms with Crippen LogP contribution in [0, 0.1) is 0 Å². The number of aliphatic hydroxyl groups is 3. The Hall–Kier alpha value is -1.69. The van der Waals surface area contributed by atoms with Crippen molar-refractivity contribution in [1.29, 1.82) is 0 Å². The summed E-state index contributed by atoms with van der Waals surface area (Å²) in [6.45, 7) is 4.18. The third-order valence-corrected chi connectivity index (χ3v) is 12.6. The summed E-state index contributed by atoms with van der Waals surface area (Å²) < 4.78 is 0. The number of amides is 1. The molecule has 0 fully saturated rings. The van der Waals surface area contributed by atoms with E-state index < -0.39 is 18.2 Å². The number of unbranched alkanes of at least 4 members (excludes halogenated alkanes) is 34. The average molecular weight is 870 g/mol. The van der Waals surface area contributed by atoms with Gasteiger partial charge in [-0.2, -0.15) is 0 Å². The van der Waals surface area contributed by atoms with Crippen molar-refractivity contribution in [2.75, 3.05) is 6.61 Å². The monoisotopic (exact) mass is 870 g/mol. The van der Waals surface area contributed by atoms with Crippen molar-refractivity contribution in [2.45, 2.75) is 302 Å². The maximum Gasteiger partial charge on any atom is 0.220 e. The lowest BCUT2D eigenvalue weighted by Crippen LogP contribution is -2.50. The second-order valence-electron chi connectivity index (χ2n) is 18.8. The number of carbonyl (C=O) groups excluding carboxylic acids is 1. The van der Waals surface area contributed by atoms with Gasteiger partial charge in [-0.15, -0.1) is 0 Å². The molecule has 0 heterocycles. The van der Waals surface area contributed by atoms with Crippen molar-refractivity contribution in [3.63, 3.8) is 0 Å². The Morgan fingerprint density at radius 3 is 1.08 bits per heavy atom. The highest BCUT2D eigenvalue weighted by Crippen LogP contribution is 2.16. The van der Waals surface area contributed by atoms with Crippen molar-refractivity contribution in [1.82, 2.24) is 5.32 Å². The quantitative estimate of drug-likeness (QED) is 0.0362. The minimum Gasteiger partial charge on any atom is -0.394 e. The minimum atomic E-state index is -1.17. The molecule has 3 atom stereocenters. The first kappa shape index (κ1) is 60.3. The fourth-order valence-electron chi connectivity index (χ4n) is 8.39. The summed E-state index contributed by atoms with van der Waals surface area (Å²) in [4.78, 5) is 12.5. The lowest BCUT2D eigenvalue weighted by atomic mass is 10.0. The minimum absolute atomic E-state index is 0.157. The van der Waals surface area contributed by atoms with Crippen LogP contribution in [0.4, 0.5) is 0 Å². The molecule has 0 bridgehead atoms. The molecule has 62 heavy (non-hydrogen) atoms. The predicted octanol–water partition coefficient (Wildman–Crippen LogP) is 16.8. The molecule has 0 saturated carbocycles. The van der Waals surface area contributed by atoms with Crippen LogP contribution >= 0.6 is 0 Å². The fourth-order valence-corrected chi connectivity index (χ4v) is 8.39. The van der Waals surface area contributed by atoms with Crippen LogP contribution < -0.4 is 5.32 Å². The molecular formula is C57H107NO4. The Morgan fingerprint density at radius 2 is 0.710 bits per heavy atom. The molecule has 0 aliphatic rings. The SMILES string of the molecule is CCCCCCCCCC/C=C/CC/C=C/CCCC(O)C(O)C(CO)NC(=O)CCCCCCCCCCCCCCCCC/C=C\C/C=C\CCCCCCCCCCC. The van der Waals surface area contributed by atoms with Crippen LogP contribution in [0.25, 0.3) is 0 Å². The molecule has 0 spiro atoms. The van der Waals surface area contributed by atoms with Gasteiger partial charge in [0.1, 0.15) is 6.10 Å². The first-order chi connectivity index (χ1) is 30.6. The topological polar surface area (TPSA) is 89.8 Å². The molecule has 5 nitrogen and oxygen atoms in total. The van der Waals surface area contributed by atoms with E-state index in [0.717, 1.165) is 51.4 Å². The summed E-state index contributed by atoms with van der Waals surface area (Å²) in [5.41, 5.74) is 0. The second kappa shape index (κ2) is 51.9. The van der Waals surface area contributed by atoms with E-state index in [0.29, 0.717) is 12.8 Å². The highest BCUT2D eigenvalue weighted by molar-refractivity contribution is 5.76. The molecule has 0 aliphatic heterocycles. The number of allylic oxidation sites excluding steroid dienone is 8. The lowest BCUT2D eigenvalue weighted by Gasteiger charge is -2.26. The van der Waals surface area contributed by atoms with E-state index in [-0.39, 0.29) is 12.5 Å². The molecule has 4 N–H and O–H groups in total. The van der Waals surface area contributed by atoms with Crippen molar-refractivity contribution >= 4 is 5.91 Å². The van der Waals surface area contributed by atoms with Crippen LogP contribution in [0.3, 0.4) is 0 Å². The standard InChI is InChI=1S/C57H107NO4/c1-3-5-7-9-11-13-15-17-19-21-22-23-24-25-26-27-28-29-30-31-32-33-34-36-38-40-42-44-46-48-50-52-56(61)58-54(53-59)57(62)55(60)51-49-47-45-43-41-39-37-35-20-18-16-14-12-10-8-6-4-2/h22-23,25-26,35,37,43,45,54-55,57,59-60,62H,3-21,24,27-34,36,38-42,44,46-53H2,1-2H3,(H,58,61)/b23-22-,26-25-,37-35+,45-43+. The average Bonchev–Trinajstić information content (AvgIpc) is 3.28. The van der Waals surface area contributed by atoms with Gasteiger partial charge in [0, 0.05) is 6.42 Å². The Labute approximate surface area is 387 Å². The summed E-state index contributed by atoms with van der Waals surface area (Å²) in [6.07, 6.45) is 68.3. The van der Waals surface area contributed by atoms with Crippen LogP contribution in [-0.4, -0.2) is 46.1 Å². The largest absolute Gasteiger partial charge is 0.394 e. The van der Waals surface area contributed by atoms with Gasteiger partial charge in [0.2, 0.25) is 5.91 Å². The van der Waals surface area contributed by atoms with E-state index in [1.54, 1.807) is 0 Å². The molecule has 3 unspecified atom stereocenters. The zero-order valence-electron chi connectivity index (χ0n) is 41.5. The number of aliphatic hydroxyl groups excluding tert-OH is 3. The number of hydrogen-bond donors (Lipinski definition) is 4. The van der Waals surface area contributed by atoms with Gasteiger partial charge in [0.15, 0.2) is 0 Å². The Kier molecular flexibility index (Phi) is 50.5. The van der Waals surface area contributed by atoms with Crippen molar-refractivity contribution in [3.05, 3.63) is 48.6 Å². The highest BCUT2D eigenvalue weighted by Gasteiger charge is 2.26. The van der Waals surface area contributed by atoms with E-state index >= 15 is 0 Å². The molecule has 364 valence electrons. The number of nitrogens with one attached hydrogen (secondary N) is 1. The molecule has 0 saturated heterocycles. The van der Waals surface area contributed by atoms with E-state index in [1.807, 2.05) is 0 Å². The van der Waals surface area contributed by atoms with Gasteiger partial charge >= 0.3 is 0 Å². The summed E-state index contributed by atoms with van der Waals surface area (Å²) in [7, 11) is 0. The zero-order chi connectivity index (χ0) is 45.1. The molecular weight excluding hydrogens is 763 g/mol. The number of hydrogen-bond acceptors (Lipinski definition) is 4. The Balaban J connectivity index is 3.57. The number of rotatable bonds is 50. The van der Waals surface area contributed by atoms with E-state index in [1.165, 1.54) is 205 Å². The summed E-state index contributed by atoms with van der Waals surface area (Å²) in [5.74, 6) is -0.157. The summed E-state index contributed by atoms with van der Waals surface area (Å²) >= 11 is 0. The van der Waals surface area contributed by atoms with E-state index in [4.69, 9.17) is 0 Å². The van der Waals surface area contributed by atoms with Gasteiger partial charge in [-0.05, 0) is 83.5 Å². The predicted molar refractivity (Wildman–Crippen MR) is 273 cm³/mol. The van der Waals surface area contributed by atoms with Crippen molar-refractivity contribution < 1.29 is 20.1 Å². The van der Waals surface area contributed by atoms with Crippen LogP contribution in [0.5, 0.6) is 0 Å². The molecule has 5 heteroatoms. The Morgan fingerprint density at radius 1 is 0.403 bits per heavy atom. The van der Waals surface area contributed by atoms with E-state index in [2.05, 4.69) is 67.8 Å². The van der Waals surface area contributed by atoms with Crippen molar-refractivity contribution in [2.24, 2.45) is 0 Å². The van der Waals surface area contributed by atoms with Gasteiger partial charge in [-0.25, -0.2) is 0 Å². The normalized spacial score (nSPS) is 13.7. The van der Waals surface area contributed by atoms with Crippen molar-refractivity contribution in [3.8, 4) is 0 Å². The molecule has 0 aromatic carbocycles. The van der Waals surface area contributed by atoms with Gasteiger partial charge in [0.05, 0.1) is 18.8 Å². The molecule has 0 aromatic rings. The third kappa shape index (κ3) is 46.3. The summed E-state index contributed by atoms with van der Waals surface area (Å²) in [5, 5.41) is 33.7.